The highest BCUT2D eigenvalue weighted by Crippen LogP contribution is 2.62. The van der Waals surface area contributed by atoms with Gasteiger partial charge < -0.3 is 10.2 Å². The van der Waals surface area contributed by atoms with Crippen molar-refractivity contribution in [1.82, 2.24) is 0 Å². The van der Waals surface area contributed by atoms with Crippen molar-refractivity contribution in [2.24, 2.45) is 11.3 Å². The molecule has 2 saturated carbocycles. The zero-order valence-electron chi connectivity index (χ0n) is 9.33. The van der Waals surface area contributed by atoms with E-state index in [0.29, 0.717) is 12.8 Å². The first-order valence-corrected chi connectivity index (χ1v) is 6.01. The van der Waals surface area contributed by atoms with Gasteiger partial charge in [0.1, 0.15) is 0 Å². The van der Waals surface area contributed by atoms with Crippen LogP contribution in [0.25, 0.3) is 0 Å². The number of carboxylic acids is 1. The summed E-state index contributed by atoms with van der Waals surface area (Å²) < 4.78 is 0. The van der Waals surface area contributed by atoms with Gasteiger partial charge in [-0.3, -0.25) is 4.79 Å². The average molecular weight is 212 g/mol. The minimum Gasteiger partial charge on any atom is -0.481 e. The molecule has 0 amide bonds. The van der Waals surface area contributed by atoms with Crippen LogP contribution in [0, 0.1) is 11.3 Å². The van der Waals surface area contributed by atoms with E-state index in [1.165, 1.54) is 0 Å². The van der Waals surface area contributed by atoms with Crippen LogP contribution in [0.2, 0.25) is 0 Å². The summed E-state index contributed by atoms with van der Waals surface area (Å²) in [7, 11) is 0. The average Bonchev–Trinajstić information content (AvgIpc) is 2.67. The molecule has 86 valence electrons. The van der Waals surface area contributed by atoms with Crippen molar-refractivity contribution < 1.29 is 15.0 Å². The molecule has 0 aromatic carbocycles. The van der Waals surface area contributed by atoms with Gasteiger partial charge in [-0.15, -0.1) is 0 Å². The normalized spacial score (nSPS) is 35.1. The second-order valence-corrected chi connectivity index (χ2v) is 5.21. The van der Waals surface area contributed by atoms with Crippen LogP contribution in [-0.2, 0) is 4.79 Å². The zero-order chi connectivity index (χ0) is 11.1. The van der Waals surface area contributed by atoms with E-state index in [1.807, 2.05) is 6.92 Å². The van der Waals surface area contributed by atoms with Gasteiger partial charge in [0.05, 0.1) is 11.5 Å². The lowest BCUT2D eigenvalue weighted by atomic mass is 9.51. The molecule has 3 nitrogen and oxygen atoms in total. The Morgan fingerprint density at radius 2 is 1.87 bits per heavy atom. The van der Waals surface area contributed by atoms with Gasteiger partial charge >= 0.3 is 5.97 Å². The van der Waals surface area contributed by atoms with E-state index >= 15 is 0 Å². The zero-order valence-corrected chi connectivity index (χ0v) is 9.33. The highest BCUT2D eigenvalue weighted by molar-refractivity contribution is 5.72. The Kier molecular flexibility index (Phi) is 2.53. The number of carboxylic acid groups (broad SMARTS) is 1. The van der Waals surface area contributed by atoms with Gasteiger partial charge in [0, 0.05) is 5.41 Å². The maximum absolute atomic E-state index is 11.2. The Morgan fingerprint density at radius 3 is 2.20 bits per heavy atom. The topological polar surface area (TPSA) is 57.5 Å². The molecule has 1 spiro atoms. The van der Waals surface area contributed by atoms with E-state index in [4.69, 9.17) is 5.11 Å². The van der Waals surface area contributed by atoms with Crippen LogP contribution in [0.4, 0.5) is 0 Å². The molecular formula is C12H20O3. The molecule has 2 unspecified atom stereocenters. The van der Waals surface area contributed by atoms with E-state index in [1.54, 1.807) is 0 Å². The molecule has 2 fully saturated rings. The lowest BCUT2D eigenvalue weighted by Gasteiger charge is -2.57. The predicted molar refractivity (Wildman–Crippen MR) is 56.5 cm³/mol. The van der Waals surface area contributed by atoms with Crippen LogP contribution in [0.5, 0.6) is 0 Å². The van der Waals surface area contributed by atoms with Gasteiger partial charge in [-0.1, -0.05) is 19.8 Å². The highest BCUT2D eigenvalue weighted by atomic mass is 16.4. The summed E-state index contributed by atoms with van der Waals surface area (Å²) in [5.41, 5.74) is -0.962. The number of rotatable bonds is 3. The van der Waals surface area contributed by atoms with Crippen molar-refractivity contribution in [2.45, 2.75) is 57.5 Å². The van der Waals surface area contributed by atoms with Gasteiger partial charge in [-0.25, -0.2) is 0 Å². The lowest BCUT2D eigenvalue weighted by Crippen LogP contribution is -2.62. The number of carbonyl (C=O) groups is 1. The van der Waals surface area contributed by atoms with Crippen LogP contribution in [0.1, 0.15) is 51.9 Å². The van der Waals surface area contributed by atoms with Crippen molar-refractivity contribution in [3.63, 3.8) is 0 Å². The molecule has 15 heavy (non-hydrogen) atoms. The van der Waals surface area contributed by atoms with Gasteiger partial charge in [-0.05, 0) is 32.1 Å². The van der Waals surface area contributed by atoms with Crippen molar-refractivity contribution in [3.8, 4) is 0 Å². The van der Waals surface area contributed by atoms with Gasteiger partial charge in [-0.2, -0.15) is 0 Å². The van der Waals surface area contributed by atoms with Crippen LogP contribution >= 0.6 is 0 Å². The Morgan fingerprint density at radius 1 is 1.27 bits per heavy atom. The van der Waals surface area contributed by atoms with Crippen molar-refractivity contribution in [2.75, 3.05) is 0 Å². The first-order valence-electron chi connectivity index (χ1n) is 6.01. The van der Waals surface area contributed by atoms with Crippen LogP contribution in [-0.4, -0.2) is 21.8 Å². The van der Waals surface area contributed by atoms with E-state index in [2.05, 4.69) is 0 Å². The smallest absolute Gasteiger partial charge is 0.309 e. The molecule has 0 saturated heterocycles. The van der Waals surface area contributed by atoms with Crippen molar-refractivity contribution in [3.05, 3.63) is 0 Å². The first-order chi connectivity index (χ1) is 7.06. The molecule has 2 N–H and O–H groups in total. The number of aliphatic carboxylic acids is 1. The van der Waals surface area contributed by atoms with Crippen LogP contribution < -0.4 is 0 Å². The van der Waals surface area contributed by atoms with Gasteiger partial charge in [0.2, 0.25) is 0 Å². The van der Waals surface area contributed by atoms with E-state index in [9.17, 15) is 9.90 Å². The number of hydrogen-bond acceptors (Lipinski definition) is 2. The summed E-state index contributed by atoms with van der Waals surface area (Å²) in [5, 5.41) is 19.8. The molecule has 0 aromatic heterocycles. The van der Waals surface area contributed by atoms with Crippen LogP contribution in [0.3, 0.4) is 0 Å². The third kappa shape index (κ3) is 1.32. The Balaban J connectivity index is 2.22. The Bertz CT molecular complexity index is 268. The lowest BCUT2D eigenvalue weighted by molar-refractivity contribution is -0.209. The Labute approximate surface area is 90.5 Å². The van der Waals surface area contributed by atoms with E-state index in [0.717, 1.165) is 32.1 Å². The molecule has 0 aromatic rings. The fourth-order valence-corrected chi connectivity index (χ4v) is 3.73. The third-order valence-electron chi connectivity index (χ3n) is 4.75. The molecule has 0 aliphatic heterocycles. The SMILES string of the molecule is CCC(C(=O)O)C1(O)CCC12CCCC2. The minimum absolute atomic E-state index is 0.0495. The third-order valence-corrected chi connectivity index (χ3v) is 4.75. The van der Waals surface area contributed by atoms with E-state index in [-0.39, 0.29) is 5.41 Å². The van der Waals surface area contributed by atoms with Crippen molar-refractivity contribution in [1.29, 1.82) is 0 Å². The standard InChI is InChI=1S/C12H20O3/c1-2-9(10(13)14)12(15)8-7-11(12)5-3-4-6-11/h9,15H,2-8H2,1H3,(H,13,14). The maximum atomic E-state index is 11.2. The second kappa shape index (κ2) is 3.48. The molecule has 0 bridgehead atoms. The molecule has 2 rings (SSSR count). The molecule has 2 aliphatic rings. The monoisotopic (exact) mass is 212 g/mol. The summed E-state index contributed by atoms with van der Waals surface area (Å²) >= 11 is 0. The maximum Gasteiger partial charge on any atom is 0.309 e. The highest BCUT2D eigenvalue weighted by Gasteiger charge is 2.63. The molecular weight excluding hydrogens is 192 g/mol. The summed E-state index contributed by atoms with van der Waals surface area (Å²) in [6.45, 7) is 1.86. The van der Waals surface area contributed by atoms with Crippen molar-refractivity contribution >= 4 is 5.97 Å². The second-order valence-electron chi connectivity index (χ2n) is 5.21. The molecule has 0 heterocycles. The Hall–Kier alpha value is -0.570. The van der Waals surface area contributed by atoms with E-state index < -0.39 is 17.5 Å². The van der Waals surface area contributed by atoms with Gasteiger partial charge in [0.15, 0.2) is 0 Å². The fraction of sp³-hybridized carbons (Fsp3) is 0.917. The largest absolute Gasteiger partial charge is 0.481 e. The fourth-order valence-electron chi connectivity index (χ4n) is 3.73. The van der Waals surface area contributed by atoms with Crippen LogP contribution in [0.15, 0.2) is 0 Å². The predicted octanol–water partition coefficient (Wildman–Crippen LogP) is 2.18. The summed E-state index contributed by atoms with van der Waals surface area (Å²) in [4.78, 5) is 11.2. The first kappa shape index (κ1) is 10.9. The quantitative estimate of drug-likeness (QED) is 0.754. The number of aliphatic hydroxyl groups is 1. The van der Waals surface area contributed by atoms with Gasteiger partial charge in [0.25, 0.3) is 0 Å². The summed E-state index contributed by atoms with van der Waals surface area (Å²) in [6, 6.07) is 0. The summed E-state index contributed by atoms with van der Waals surface area (Å²) in [5.74, 6) is -1.39. The number of hydrogen-bond donors (Lipinski definition) is 2. The molecule has 2 atom stereocenters. The molecule has 0 radical (unpaired) electrons. The minimum atomic E-state index is -0.913. The summed E-state index contributed by atoms with van der Waals surface area (Å²) in [6.07, 6.45) is 6.58. The molecule has 2 aliphatic carbocycles. The molecule has 3 heteroatoms.